The predicted octanol–water partition coefficient (Wildman–Crippen LogP) is 2.78. The van der Waals surface area contributed by atoms with Crippen LogP contribution in [-0.2, 0) is 17.8 Å². The minimum Gasteiger partial charge on any atom is -0.341 e. The third-order valence-electron chi connectivity index (χ3n) is 5.54. The van der Waals surface area contributed by atoms with Crippen molar-refractivity contribution in [1.82, 2.24) is 9.80 Å². The first-order chi connectivity index (χ1) is 13.5. The lowest BCUT2D eigenvalue weighted by atomic mass is 9.92. The van der Waals surface area contributed by atoms with Crippen LogP contribution in [0.5, 0.6) is 0 Å². The van der Waals surface area contributed by atoms with Crippen molar-refractivity contribution in [2.24, 2.45) is 0 Å². The van der Waals surface area contributed by atoms with E-state index in [1.54, 1.807) is 4.90 Å². The minimum atomic E-state index is -0.546. The number of amides is 2. The summed E-state index contributed by atoms with van der Waals surface area (Å²) in [7, 11) is 0. The molecule has 2 amide bonds. The second-order valence-electron chi connectivity index (χ2n) is 7.26. The average Bonchev–Trinajstić information content (AvgIpc) is 3.26. The van der Waals surface area contributed by atoms with Gasteiger partial charge in [-0.05, 0) is 36.1 Å². The van der Waals surface area contributed by atoms with Crippen LogP contribution >= 0.6 is 0 Å². The van der Waals surface area contributed by atoms with E-state index in [1.807, 2.05) is 29.2 Å². The Hall–Kier alpha value is -3.22. The van der Waals surface area contributed by atoms with Gasteiger partial charge in [0.25, 0.3) is 11.6 Å². The largest absolute Gasteiger partial charge is 0.341 e. The molecular formula is C21H21N3O4. The van der Waals surface area contributed by atoms with Crippen LogP contribution in [0.1, 0.15) is 34.3 Å². The van der Waals surface area contributed by atoms with E-state index in [9.17, 15) is 19.7 Å². The Morgan fingerprint density at radius 3 is 2.25 bits per heavy atom. The monoisotopic (exact) mass is 379 g/mol. The third-order valence-corrected chi connectivity index (χ3v) is 5.54. The van der Waals surface area contributed by atoms with Crippen LogP contribution in [0.4, 0.5) is 5.69 Å². The van der Waals surface area contributed by atoms with Crippen molar-refractivity contribution < 1.29 is 14.5 Å². The van der Waals surface area contributed by atoms with Crippen molar-refractivity contribution in [2.45, 2.75) is 31.8 Å². The van der Waals surface area contributed by atoms with Crippen LogP contribution < -0.4 is 0 Å². The lowest BCUT2D eigenvalue weighted by Gasteiger charge is -2.38. The molecule has 0 aliphatic carbocycles. The van der Waals surface area contributed by atoms with Crippen molar-refractivity contribution in [3.63, 3.8) is 0 Å². The van der Waals surface area contributed by atoms with Gasteiger partial charge >= 0.3 is 0 Å². The Labute approximate surface area is 162 Å². The maximum Gasteiger partial charge on any atom is 0.269 e. The number of nitrogens with zero attached hydrogens (tertiary/aromatic N) is 3. The predicted molar refractivity (Wildman–Crippen MR) is 103 cm³/mol. The molecule has 0 spiro atoms. The topological polar surface area (TPSA) is 83.8 Å². The number of carbonyl (C=O) groups excluding carboxylic acids is 2. The van der Waals surface area contributed by atoms with Gasteiger partial charge in [0.15, 0.2) is 0 Å². The van der Waals surface area contributed by atoms with E-state index in [0.29, 0.717) is 18.5 Å². The number of nitro benzene ring substituents is 1. The van der Waals surface area contributed by atoms with Gasteiger partial charge in [-0.25, -0.2) is 0 Å². The van der Waals surface area contributed by atoms with E-state index in [2.05, 4.69) is 0 Å². The van der Waals surface area contributed by atoms with Gasteiger partial charge in [-0.15, -0.1) is 0 Å². The smallest absolute Gasteiger partial charge is 0.269 e. The quantitative estimate of drug-likeness (QED) is 0.606. The maximum absolute atomic E-state index is 13.2. The number of benzene rings is 2. The zero-order valence-corrected chi connectivity index (χ0v) is 15.4. The molecule has 4 rings (SSSR count). The Morgan fingerprint density at radius 1 is 0.964 bits per heavy atom. The molecule has 7 nitrogen and oxygen atoms in total. The van der Waals surface area contributed by atoms with E-state index in [0.717, 1.165) is 37.1 Å². The lowest BCUT2D eigenvalue weighted by Crippen LogP contribution is -2.53. The number of carbonyl (C=O) groups is 2. The van der Waals surface area contributed by atoms with Crippen molar-refractivity contribution in [1.29, 1.82) is 0 Å². The summed E-state index contributed by atoms with van der Waals surface area (Å²) < 4.78 is 0. The number of nitro groups is 1. The van der Waals surface area contributed by atoms with Gasteiger partial charge in [0.1, 0.15) is 6.04 Å². The molecule has 0 bridgehead atoms. The fourth-order valence-electron chi connectivity index (χ4n) is 4.00. The van der Waals surface area contributed by atoms with Gasteiger partial charge in [-0.1, -0.05) is 24.3 Å². The van der Waals surface area contributed by atoms with Crippen LogP contribution in [0.3, 0.4) is 0 Å². The van der Waals surface area contributed by atoms with E-state index >= 15 is 0 Å². The normalized spacial score (nSPS) is 18.6. The molecule has 1 fully saturated rings. The summed E-state index contributed by atoms with van der Waals surface area (Å²) in [6.07, 6.45) is 2.47. The van der Waals surface area contributed by atoms with Crippen LogP contribution in [0.2, 0.25) is 0 Å². The molecule has 1 unspecified atom stereocenters. The molecule has 0 aromatic heterocycles. The van der Waals surface area contributed by atoms with Crippen molar-refractivity contribution >= 4 is 17.5 Å². The number of non-ortho nitro benzene ring substituents is 1. The molecule has 0 radical (unpaired) electrons. The van der Waals surface area contributed by atoms with Gasteiger partial charge in [0.05, 0.1) is 4.92 Å². The van der Waals surface area contributed by atoms with E-state index in [1.165, 1.54) is 24.3 Å². The minimum absolute atomic E-state index is 0.0118. The highest BCUT2D eigenvalue weighted by Crippen LogP contribution is 2.27. The third kappa shape index (κ3) is 3.35. The molecule has 7 heteroatoms. The highest BCUT2D eigenvalue weighted by molar-refractivity contribution is 5.98. The molecule has 144 valence electrons. The lowest BCUT2D eigenvalue weighted by molar-refractivity contribution is -0.384. The summed E-state index contributed by atoms with van der Waals surface area (Å²) in [6.45, 7) is 1.82. The molecule has 2 aliphatic heterocycles. The SMILES string of the molecule is O=C(C1Cc2ccccc2CN1C(=O)c1ccc([N+](=O)[O-])cc1)N1CCCC1. The highest BCUT2D eigenvalue weighted by atomic mass is 16.6. The van der Waals surface area contributed by atoms with Crippen LogP contribution in [0, 0.1) is 10.1 Å². The van der Waals surface area contributed by atoms with Gasteiger partial charge in [0.2, 0.25) is 5.91 Å². The molecule has 28 heavy (non-hydrogen) atoms. The van der Waals surface area contributed by atoms with E-state index in [4.69, 9.17) is 0 Å². The summed E-state index contributed by atoms with van der Waals surface area (Å²) in [6, 6.07) is 12.9. The van der Waals surface area contributed by atoms with Crippen LogP contribution in [0.15, 0.2) is 48.5 Å². The van der Waals surface area contributed by atoms with Crippen molar-refractivity contribution in [3.05, 3.63) is 75.3 Å². The molecule has 2 heterocycles. The van der Waals surface area contributed by atoms with Gasteiger partial charge in [-0.2, -0.15) is 0 Å². The van der Waals surface area contributed by atoms with Gasteiger partial charge < -0.3 is 9.80 Å². The Bertz CT molecular complexity index is 920. The van der Waals surface area contributed by atoms with Crippen molar-refractivity contribution in [2.75, 3.05) is 13.1 Å². The first kappa shape index (κ1) is 18.2. The number of likely N-dealkylation sites (tertiary alicyclic amines) is 1. The van der Waals surface area contributed by atoms with Crippen LogP contribution in [-0.4, -0.2) is 45.7 Å². The zero-order chi connectivity index (χ0) is 19.7. The standard InChI is InChI=1S/C21H21N3O4/c25-20(15-7-9-18(10-8-15)24(27)28)23-14-17-6-2-1-5-16(17)13-19(23)21(26)22-11-3-4-12-22/h1-2,5-10,19H,3-4,11-14H2. The summed E-state index contributed by atoms with van der Waals surface area (Å²) in [5, 5.41) is 10.9. The first-order valence-electron chi connectivity index (χ1n) is 9.45. The summed E-state index contributed by atoms with van der Waals surface area (Å²) in [4.78, 5) is 40.2. The summed E-state index contributed by atoms with van der Waals surface area (Å²) in [5.41, 5.74) is 2.41. The summed E-state index contributed by atoms with van der Waals surface area (Å²) in [5.74, 6) is -0.288. The molecule has 2 aromatic carbocycles. The highest BCUT2D eigenvalue weighted by Gasteiger charge is 2.37. The maximum atomic E-state index is 13.2. The van der Waals surface area contributed by atoms with Gasteiger partial charge in [0, 0.05) is 43.8 Å². The first-order valence-corrected chi connectivity index (χ1v) is 9.45. The summed E-state index contributed by atoms with van der Waals surface area (Å²) >= 11 is 0. The molecule has 0 saturated carbocycles. The molecule has 0 N–H and O–H groups in total. The molecule has 1 atom stereocenters. The van der Waals surface area contributed by atoms with Crippen LogP contribution in [0.25, 0.3) is 0 Å². The fraction of sp³-hybridized carbons (Fsp3) is 0.333. The molecule has 1 saturated heterocycles. The number of hydrogen-bond donors (Lipinski definition) is 0. The van der Waals surface area contributed by atoms with E-state index in [-0.39, 0.29) is 17.5 Å². The zero-order valence-electron chi connectivity index (χ0n) is 15.4. The van der Waals surface area contributed by atoms with Crippen molar-refractivity contribution in [3.8, 4) is 0 Å². The number of rotatable bonds is 3. The molecular weight excluding hydrogens is 358 g/mol. The average molecular weight is 379 g/mol. The number of hydrogen-bond acceptors (Lipinski definition) is 4. The van der Waals surface area contributed by atoms with E-state index < -0.39 is 11.0 Å². The second kappa shape index (κ2) is 7.42. The Balaban J connectivity index is 1.65. The van der Waals surface area contributed by atoms with Gasteiger partial charge in [-0.3, -0.25) is 19.7 Å². The Kier molecular flexibility index (Phi) is 4.81. The number of fused-ring (bicyclic) bond motifs is 1. The fourth-order valence-corrected chi connectivity index (χ4v) is 4.00. The second-order valence-corrected chi connectivity index (χ2v) is 7.26. The molecule has 2 aliphatic rings. The molecule has 2 aromatic rings. The Morgan fingerprint density at radius 2 is 1.61 bits per heavy atom.